The molecule has 0 fully saturated rings. The standard InChI is InChI=1S/C14H27N3O2S2/c1-5-7-15-11-13-10-14(12(3)20-13)21(18,19)16-8-9-17(4)6-2/h10,15-16H,5-9,11H2,1-4H3. The van der Waals surface area contributed by atoms with Crippen LogP contribution < -0.4 is 10.0 Å². The Labute approximate surface area is 132 Å². The van der Waals surface area contributed by atoms with E-state index in [1.54, 1.807) is 17.4 Å². The maximum atomic E-state index is 12.3. The summed E-state index contributed by atoms with van der Waals surface area (Å²) in [5, 5.41) is 3.30. The van der Waals surface area contributed by atoms with Crippen LogP contribution >= 0.6 is 11.3 Å². The van der Waals surface area contributed by atoms with Gasteiger partial charge in [-0.15, -0.1) is 11.3 Å². The Morgan fingerprint density at radius 2 is 2.00 bits per heavy atom. The van der Waals surface area contributed by atoms with Crippen molar-refractivity contribution in [3.8, 4) is 0 Å². The van der Waals surface area contributed by atoms with Gasteiger partial charge in [0.2, 0.25) is 10.0 Å². The van der Waals surface area contributed by atoms with Crippen LogP contribution in [0.5, 0.6) is 0 Å². The van der Waals surface area contributed by atoms with E-state index in [4.69, 9.17) is 0 Å². The van der Waals surface area contributed by atoms with Gasteiger partial charge in [0.25, 0.3) is 0 Å². The maximum absolute atomic E-state index is 12.3. The molecule has 0 bridgehead atoms. The fourth-order valence-electron chi connectivity index (χ4n) is 1.87. The van der Waals surface area contributed by atoms with Gasteiger partial charge in [-0.25, -0.2) is 13.1 Å². The lowest BCUT2D eigenvalue weighted by Gasteiger charge is -2.14. The number of nitrogens with zero attached hydrogens (tertiary/aromatic N) is 1. The quantitative estimate of drug-likeness (QED) is 0.641. The van der Waals surface area contributed by atoms with Crippen molar-refractivity contribution in [3.05, 3.63) is 15.8 Å². The van der Waals surface area contributed by atoms with Crippen molar-refractivity contribution in [1.82, 2.24) is 14.9 Å². The van der Waals surface area contributed by atoms with E-state index in [2.05, 4.69) is 21.9 Å². The summed E-state index contributed by atoms with van der Waals surface area (Å²) in [6, 6.07) is 1.79. The number of hydrogen-bond donors (Lipinski definition) is 2. The largest absolute Gasteiger partial charge is 0.312 e. The Kier molecular flexibility index (Phi) is 7.83. The number of hydrogen-bond acceptors (Lipinski definition) is 5. The molecule has 0 aliphatic heterocycles. The molecular weight excluding hydrogens is 306 g/mol. The van der Waals surface area contributed by atoms with Crippen LogP contribution in [0.3, 0.4) is 0 Å². The monoisotopic (exact) mass is 333 g/mol. The second kappa shape index (κ2) is 8.85. The molecule has 0 saturated heterocycles. The average molecular weight is 334 g/mol. The number of nitrogens with one attached hydrogen (secondary N) is 2. The van der Waals surface area contributed by atoms with Gasteiger partial charge in [-0.05, 0) is 39.5 Å². The zero-order chi connectivity index (χ0) is 15.9. The maximum Gasteiger partial charge on any atom is 0.241 e. The molecule has 1 rings (SSSR count). The summed E-state index contributed by atoms with van der Waals surface area (Å²) in [5.41, 5.74) is 0. The summed E-state index contributed by atoms with van der Waals surface area (Å²) in [5.74, 6) is 0. The van der Waals surface area contributed by atoms with Gasteiger partial charge in [-0.2, -0.15) is 0 Å². The third-order valence-electron chi connectivity index (χ3n) is 3.26. The second-order valence-electron chi connectivity index (χ2n) is 5.10. The van der Waals surface area contributed by atoms with E-state index >= 15 is 0 Å². The summed E-state index contributed by atoms with van der Waals surface area (Å²) >= 11 is 1.54. The molecule has 2 N–H and O–H groups in total. The fraction of sp³-hybridized carbons (Fsp3) is 0.714. The van der Waals surface area contributed by atoms with E-state index in [-0.39, 0.29) is 0 Å². The van der Waals surface area contributed by atoms with Gasteiger partial charge >= 0.3 is 0 Å². The van der Waals surface area contributed by atoms with Crippen molar-refractivity contribution >= 4 is 21.4 Å². The first-order valence-corrected chi connectivity index (χ1v) is 9.68. The molecule has 1 heterocycles. The number of aryl methyl sites for hydroxylation is 1. The Hall–Kier alpha value is -0.470. The second-order valence-corrected chi connectivity index (χ2v) is 8.18. The van der Waals surface area contributed by atoms with E-state index in [1.807, 2.05) is 20.9 Å². The van der Waals surface area contributed by atoms with Crippen LogP contribution in [-0.4, -0.2) is 46.5 Å². The number of thiophene rings is 1. The summed E-state index contributed by atoms with van der Waals surface area (Å²) in [6.45, 7) is 9.75. The van der Waals surface area contributed by atoms with E-state index < -0.39 is 10.0 Å². The zero-order valence-electron chi connectivity index (χ0n) is 13.4. The molecular formula is C14H27N3O2S2. The lowest BCUT2D eigenvalue weighted by Crippen LogP contribution is -2.33. The van der Waals surface area contributed by atoms with Crippen LogP contribution in [0.25, 0.3) is 0 Å². The third-order valence-corrected chi connectivity index (χ3v) is 6.03. The average Bonchev–Trinajstić information content (AvgIpc) is 2.80. The fourth-order valence-corrected chi connectivity index (χ4v) is 4.50. The van der Waals surface area contributed by atoms with Gasteiger partial charge in [0.05, 0.1) is 4.90 Å². The molecule has 1 aromatic rings. The lowest BCUT2D eigenvalue weighted by molar-refractivity contribution is 0.358. The number of likely N-dealkylation sites (N-methyl/N-ethyl adjacent to an activating group) is 1. The Bertz CT molecular complexity index is 526. The smallest absolute Gasteiger partial charge is 0.241 e. The molecule has 7 heteroatoms. The van der Waals surface area contributed by atoms with Gasteiger partial charge in [-0.1, -0.05) is 13.8 Å². The predicted molar refractivity (Wildman–Crippen MR) is 89.4 cm³/mol. The molecule has 0 unspecified atom stereocenters. The topological polar surface area (TPSA) is 61.4 Å². The van der Waals surface area contributed by atoms with Crippen molar-refractivity contribution in [2.45, 2.75) is 38.6 Å². The summed E-state index contributed by atoms with van der Waals surface area (Å²) in [4.78, 5) is 4.40. The highest BCUT2D eigenvalue weighted by Gasteiger charge is 2.19. The van der Waals surface area contributed by atoms with E-state index in [0.29, 0.717) is 18.0 Å². The van der Waals surface area contributed by atoms with Crippen molar-refractivity contribution in [3.63, 3.8) is 0 Å². The van der Waals surface area contributed by atoms with E-state index in [1.165, 1.54) is 0 Å². The van der Waals surface area contributed by atoms with Crippen LogP contribution in [0.2, 0.25) is 0 Å². The minimum Gasteiger partial charge on any atom is -0.312 e. The molecule has 21 heavy (non-hydrogen) atoms. The molecule has 0 aromatic carbocycles. The number of rotatable bonds is 10. The van der Waals surface area contributed by atoms with Gasteiger partial charge in [0.1, 0.15) is 0 Å². The molecule has 0 spiro atoms. The molecule has 0 aliphatic rings. The molecule has 122 valence electrons. The van der Waals surface area contributed by atoms with Crippen molar-refractivity contribution in [2.75, 3.05) is 33.2 Å². The molecule has 5 nitrogen and oxygen atoms in total. The van der Waals surface area contributed by atoms with E-state index in [9.17, 15) is 8.42 Å². The van der Waals surface area contributed by atoms with Gasteiger partial charge in [0.15, 0.2) is 0 Å². The third kappa shape index (κ3) is 6.04. The lowest BCUT2D eigenvalue weighted by atomic mass is 10.4. The normalized spacial score (nSPS) is 12.2. The summed E-state index contributed by atoms with van der Waals surface area (Å²) < 4.78 is 27.3. The van der Waals surface area contributed by atoms with E-state index in [0.717, 1.165) is 35.8 Å². The first-order valence-electron chi connectivity index (χ1n) is 7.39. The molecule has 0 saturated carbocycles. The van der Waals surface area contributed by atoms with Crippen LogP contribution in [0.15, 0.2) is 11.0 Å². The molecule has 1 aromatic heterocycles. The van der Waals surface area contributed by atoms with Crippen LogP contribution in [-0.2, 0) is 16.6 Å². The molecule has 0 aliphatic carbocycles. The SMILES string of the molecule is CCCNCc1cc(S(=O)(=O)NCCN(C)CC)c(C)s1. The highest BCUT2D eigenvalue weighted by atomic mass is 32.2. The highest BCUT2D eigenvalue weighted by molar-refractivity contribution is 7.89. The van der Waals surface area contributed by atoms with Crippen molar-refractivity contribution < 1.29 is 8.42 Å². The minimum atomic E-state index is -3.40. The Balaban J connectivity index is 2.65. The molecule has 0 atom stereocenters. The molecule has 0 amide bonds. The zero-order valence-corrected chi connectivity index (χ0v) is 15.0. The van der Waals surface area contributed by atoms with Gasteiger partial charge in [0, 0.05) is 29.4 Å². The van der Waals surface area contributed by atoms with Gasteiger partial charge < -0.3 is 10.2 Å². The van der Waals surface area contributed by atoms with Crippen molar-refractivity contribution in [2.24, 2.45) is 0 Å². The van der Waals surface area contributed by atoms with Crippen LogP contribution in [0.4, 0.5) is 0 Å². The summed E-state index contributed by atoms with van der Waals surface area (Å²) in [6.07, 6.45) is 1.07. The van der Waals surface area contributed by atoms with Crippen molar-refractivity contribution in [1.29, 1.82) is 0 Å². The van der Waals surface area contributed by atoms with Gasteiger partial charge in [-0.3, -0.25) is 0 Å². The minimum absolute atomic E-state index is 0.417. The summed E-state index contributed by atoms with van der Waals surface area (Å²) in [7, 11) is -1.42. The predicted octanol–water partition coefficient (Wildman–Crippen LogP) is 1.79. The first kappa shape index (κ1) is 18.6. The van der Waals surface area contributed by atoms with Crippen LogP contribution in [0.1, 0.15) is 30.0 Å². The Morgan fingerprint density at radius 1 is 1.29 bits per heavy atom. The Morgan fingerprint density at radius 3 is 2.62 bits per heavy atom. The van der Waals surface area contributed by atoms with Crippen LogP contribution in [0, 0.1) is 6.92 Å². The molecule has 0 radical (unpaired) electrons. The number of sulfonamides is 1. The first-order chi connectivity index (χ1) is 9.90. The highest BCUT2D eigenvalue weighted by Crippen LogP contribution is 2.25.